The first-order valence-electron chi connectivity index (χ1n) is 5.08. The number of aryl methyl sites for hydroxylation is 1. The molecule has 1 aromatic carbocycles. The first kappa shape index (κ1) is 12.3. The van der Waals surface area contributed by atoms with Gasteiger partial charge in [0.2, 0.25) is 0 Å². The number of oxime groups is 1. The van der Waals surface area contributed by atoms with Gasteiger partial charge in [-0.25, -0.2) is 4.39 Å². The number of rotatable bonds is 4. The van der Waals surface area contributed by atoms with Crippen LogP contribution in [0.15, 0.2) is 23.4 Å². The molecule has 0 aliphatic heterocycles. The summed E-state index contributed by atoms with van der Waals surface area (Å²) in [5, 5.41) is 14.6. The molecule has 0 aliphatic rings. The lowest BCUT2D eigenvalue weighted by Gasteiger charge is -2.17. The van der Waals surface area contributed by atoms with E-state index in [0.717, 1.165) is 5.69 Å². The first-order chi connectivity index (χ1) is 7.58. The molecule has 0 amide bonds. The minimum atomic E-state index is -0.255. The van der Waals surface area contributed by atoms with Gasteiger partial charge in [0.1, 0.15) is 5.82 Å². The van der Waals surface area contributed by atoms with Crippen LogP contribution in [-0.4, -0.2) is 17.1 Å². The number of benzene rings is 1. The van der Waals surface area contributed by atoms with Crippen molar-refractivity contribution in [1.29, 1.82) is 0 Å². The van der Waals surface area contributed by atoms with Crippen LogP contribution < -0.4 is 11.1 Å². The van der Waals surface area contributed by atoms with Gasteiger partial charge in [0.05, 0.1) is 6.04 Å². The number of nitrogens with one attached hydrogen (secondary N) is 1. The van der Waals surface area contributed by atoms with E-state index in [-0.39, 0.29) is 17.7 Å². The molecule has 4 N–H and O–H groups in total. The van der Waals surface area contributed by atoms with Gasteiger partial charge >= 0.3 is 0 Å². The molecule has 88 valence electrons. The van der Waals surface area contributed by atoms with Crippen LogP contribution in [-0.2, 0) is 0 Å². The number of hydrogen-bond acceptors (Lipinski definition) is 3. The fourth-order valence-corrected chi connectivity index (χ4v) is 1.39. The molecule has 0 bridgehead atoms. The molecule has 0 saturated heterocycles. The van der Waals surface area contributed by atoms with E-state index in [4.69, 9.17) is 10.9 Å². The molecule has 0 aliphatic carbocycles. The highest BCUT2D eigenvalue weighted by Gasteiger charge is 2.11. The zero-order valence-corrected chi connectivity index (χ0v) is 9.37. The van der Waals surface area contributed by atoms with Gasteiger partial charge in [0.15, 0.2) is 5.84 Å². The molecule has 5 heteroatoms. The number of hydrogen-bond donors (Lipinski definition) is 3. The fourth-order valence-electron chi connectivity index (χ4n) is 1.39. The van der Waals surface area contributed by atoms with E-state index in [1.807, 2.05) is 6.92 Å². The molecule has 0 radical (unpaired) electrons. The van der Waals surface area contributed by atoms with Crippen LogP contribution in [0.4, 0.5) is 10.1 Å². The van der Waals surface area contributed by atoms with Crippen molar-refractivity contribution < 1.29 is 9.60 Å². The van der Waals surface area contributed by atoms with Crippen molar-refractivity contribution in [3.05, 3.63) is 29.6 Å². The largest absolute Gasteiger partial charge is 0.409 e. The zero-order chi connectivity index (χ0) is 12.1. The van der Waals surface area contributed by atoms with E-state index in [1.54, 1.807) is 19.1 Å². The molecule has 1 rings (SSSR count). The van der Waals surface area contributed by atoms with Crippen molar-refractivity contribution in [3.63, 3.8) is 0 Å². The molecule has 0 aromatic heterocycles. The predicted molar refractivity (Wildman–Crippen MR) is 62.2 cm³/mol. The average Bonchev–Trinajstić information content (AvgIpc) is 2.29. The number of nitrogens with two attached hydrogens (primary N) is 1. The Morgan fingerprint density at radius 2 is 2.31 bits per heavy atom. The van der Waals surface area contributed by atoms with Crippen LogP contribution in [0, 0.1) is 12.7 Å². The van der Waals surface area contributed by atoms with Crippen molar-refractivity contribution in [2.24, 2.45) is 10.9 Å². The van der Waals surface area contributed by atoms with E-state index < -0.39 is 0 Å². The Bertz CT molecular complexity index is 393. The topological polar surface area (TPSA) is 70.6 Å². The maximum absolute atomic E-state index is 13.0. The molecule has 16 heavy (non-hydrogen) atoms. The molecule has 1 unspecified atom stereocenters. The number of anilines is 1. The highest BCUT2D eigenvalue weighted by molar-refractivity contribution is 5.87. The Kier molecular flexibility index (Phi) is 4.10. The summed E-state index contributed by atoms with van der Waals surface area (Å²) in [6.07, 6.45) is 0.673. The smallest absolute Gasteiger partial charge is 0.161 e. The highest BCUT2D eigenvalue weighted by atomic mass is 19.1. The molecule has 0 fully saturated rings. The van der Waals surface area contributed by atoms with E-state index in [9.17, 15) is 4.39 Å². The van der Waals surface area contributed by atoms with Crippen LogP contribution in [0.3, 0.4) is 0 Å². The number of amidine groups is 1. The van der Waals surface area contributed by atoms with Gasteiger partial charge in [-0.05, 0) is 37.1 Å². The van der Waals surface area contributed by atoms with Crippen molar-refractivity contribution in [3.8, 4) is 0 Å². The SMILES string of the molecule is CCC(Nc1ccc(F)c(C)c1)C(N)=NO. The van der Waals surface area contributed by atoms with Gasteiger partial charge in [-0.2, -0.15) is 0 Å². The Labute approximate surface area is 94.0 Å². The van der Waals surface area contributed by atoms with Crippen LogP contribution in [0.1, 0.15) is 18.9 Å². The Morgan fingerprint density at radius 3 is 2.81 bits per heavy atom. The van der Waals surface area contributed by atoms with Crippen molar-refractivity contribution in [1.82, 2.24) is 0 Å². The van der Waals surface area contributed by atoms with E-state index in [2.05, 4.69) is 10.5 Å². The Balaban J connectivity index is 2.82. The normalized spacial score (nSPS) is 13.6. The van der Waals surface area contributed by atoms with Gasteiger partial charge in [-0.1, -0.05) is 12.1 Å². The van der Waals surface area contributed by atoms with E-state index in [0.29, 0.717) is 12.0 Å². The molecule has 0 spiro atoms. The summed E-state index contributed by atoms with van der Waals surface area (Å²) in [7, 11) is 0. The van der Waals surface area contributed by atoms with Gasteiger partial charge in [0.25, 0.3) is 0 Å². The lowest BCUT2D eigenvalue weighted by Crippen LogP contribution is -2.35. The number of nitrogens with zero attached hydrogens (tertiary/aromatic N) is 1. The molecule has 0 saturated carbocycles. The molecular formula is C11H16FN3O. The highest BCUT2D eigenvalue weighted by Crippen LogP contribution is 2.15. The van der Waals surface area contributed by atoms with Crippen LogP contribution >= 0.6 is 0 Å². The van der Waals surface area contributed by atoms with Crippen LogP contribution in [0.25, 0.3) is 0 Å². The second kappa shape index (κ2) is 5.34. The van der Waals surface area contributed by atoms with Crippen LogP contribution in [0.2, 0.25) is 0 Å². The third-order valence-electron chi connectivity index (χ3n) is 2.38. The number of halogens is 1. The second-order valence-electron chi connectivity index (χ2n) is 3.59. The average molecular weight is 225 g/mol. The first-order valence-corrected chi connectivity index (χ1v) is 5.08. The second-order valence-corrected chi connectivity index (χ2v) is 3.59. The molecule has 1 aromatic rings. The van der Waals surface area contributed by atoms with Crippen molar-refractivity contribution >= 4 is 11.5 Å². The third-order valence-corrected chi connectivity index (χ3v) is 2.38. The van der Waals surface area contributed by atoms with Crippen molar-refractivity contribution in [2.45, 2.75) is 26.3 Å². The maximum atomic E-state index is 13.0. The van der Waals surface area contributed by atoms with E-state index in [1.165, 1.54) is 6.07 Å². The lowest BCUT2D eigenvalue weighted by atomic mass is 10.1. The summed E-state index contributed by atoms with van der Waals surface area (Å²) in [6, 6.07) is 4.43. The summed E-state index contributed by atoms with van der Waals surface area (Å²) in [6.45, 7) is 3.59. The summed E-state index contributed by atoms with van der Waals surface area (Å²) in [5.41, 5.74) is 6.81. The van der Waals surface area contributed by atoms with Gasteiger partial charge in [-0.15, -0.1) is 0 Å². The van der Waals surface area contributed by atoms with E-state index >= 15 is 0 Å². The summed E-state index contributed by atoms with van der Waals surface area (Å²) < 4.78 is 13.0. The fraction of sp³-hybridized carbons (Fsp3) is 0.364. The van der Waals surface area contributed by atoms with Gasteiger partial charge in [-0.3, -0.25) is 0 Å². The maximum Gasteiger partial charge on any atom is 0.161 e. The Hall–Kier alpha value is -1.78. The standard InChI is InChI=1S/C11H16FN3O/c1-3-10(11(13)15-16)14-8-4-5-9(12)7(2)6-8/h4-6,10,14,16H,3H2,1-2H3,(H2,13,15). The molecule has 1 atom stereocenters. The minimum absolute atomic E-state index is 0.115. The Morgan fingerprint density at radius 1 is 1.62 bits per heavy atom. The zero-order valence-electron chi connectivity index (χ0n) is 9.37. The summed E-state index contributed by atoms with van der Waals surface area (Å²) in [4.78, 5) is 0. The molecule has 0 heterocycles. The monoisotopic (exact) mass is 225 g/mol. The third kappa shape index (κ3) is 2.85. The van der Waals surface area contributed by atoms with Crippen LogP contribution in [0.5, 0.6) is 0 Å². The minimum Gasteiger partial charge on any atom is -0.409 e. The summed E-state index contributed by atoms with van der Waals surface area (Å²) in [5.74, 6) is -0.133. The van der Waals surface area contributed by atoms with Gasteiger partial charge in [0, 0.05) is 5.69 Å². The summed E-state index contributed by atoms with van der Waals surface area (Å²) >= 11 is 0. The predicted octanol–water partition coefficient (Wildman–Crippen LogP) is 2.07. The molecular weight excluding hydrogens is 209 g/mol. The quantitative estimate of drug-likeness (QED) is 0.318. The lowest BCUT2D eigenvalue weighted by molar-refractivity contribution is 0.316. The van der Waals surface area contributed by atoms with Crippen molar-refractivity contribution in [2.75, 3.05) is 5.32 Å². The molecule has 4 nitrogen and oxygen atoms in total. The van der Waals surface area contributed by atoms with Gasteiger partial charge < -0.3 is 16.3 Å².